The Kier molecular flexibility index (Phi) is 4.45. The lowest BCUT2D eigenvalue weighted by atomic mass is 10.1. The van der Waals surface area contributed by atoms with Gasteiger partial charge in [0.05, 0.1) is 5.71 Å². The molecule has 19 heavy (non-hydrogen) atoms. The van der Waals surface area contributed by atoms with E-state index in [2.05, 4.69) is 10.5 Å². The molecule has 0 saturated carbocycles. The molecule has 0 aliphatic heterocycles. The van der Waals surface area contributed by atoms with Gasteiger partial charge in [-0.15, -0.1) is 0 Å². The largest absolute Gasteiger partial charge is 0.271 e. The predicted octanol–water partition coefficient (Wildman–Crippen LogP) is 3.23. The Labute approximate surface area is 113 Å². The van der Waals surface area contributed by atoms with Gasteiger partial charge in [0.25, 0.3) is 5.91 Å². The second-order valence-corrected chi connectivity index (χ2v) is 4.09. The summed E-state index contributed by atoms with van der Waals surface area (Å²) in [5.74, 6) is -0.192. The fraction of sp³-hybridized carbons (Fsp3) is 0.125. The van der Waals surface area contributed by atoms with Gasteiger partial charge in [-0.1, -0.05) is 55.5 Å². The van der Waals surface area contributed by atoms with Gasteiger partial charge in [-0.05, 0) is 24.1 Å². The van der Waals surface area contributed by atoms with E-state index in [1.165, 1.54) is 0 Å². The van der Waals surface area contributed by atoms with Crippen LogP contribution in [0.2, 0.25) is 0 Å². The molecule has 0 aliphatic rings. The number of carbonyl (C=O) groups is 1. The fourth-order valence-corrected chi connectivity index (χ4v) is 1.75. The molecule has 3 heteroatoms. The third kappa shape index (κ3) is 3.52. The van der Waals surface area contributed by atoms with E-state index in [1.807, 2.05) is 55.5 Å². The molecule has 0 fully saturated rings. The molecule has 1 amide bonds. The van der Waals surface area contributed by atoms with E-state index in [-0.39, 0.29) is 5.91 Å². The number of hydrazone groups is 1. The van der Waals surface area contributed by atoms with Crippen LogP contribution in [0.5, 0.6) is 0 Å². The average molecular weight is 252 g/mol. The lowest BCUT2D eigenvalue weighted by Crippen LogP contribution is -2.19. The number of nitrogens with zero attached hydrogens (tertiary/aromatic N) is 1. The van der Waals surface area contributed by atoms with Gasteiger partial charge in [0.1, 0.15) is 0 Å². The van der Waals surface area contributed by atoms with Gasteiger partial charge in [-0.3, -0.25) is 4.79 Å². The quantitative estimate of drug-likeness (QED) is 0.658. The van der Waals surface area contributed by atoms with E-state index in [4.69, 9.17) is 0 Å². The smallest absolute Gasteiger partial charge is 0.267 e. The Balaban J connectivity index is 2.11. The first-order chi connectivity index (χ1) is 9.31. The summed E-state index contributed by atoms with van der Waals surface area (Å²) < 4.78 is 0. The monoisotopic (exact) mass is 252 g/mol. The van der Waals surface area contributed by atoms with Crippen molar-refractivity contribution in [1.82, 2.24) is 5.43 Å². The average Bonchev–Trinajstić information content (AvgIpc) is 2.49. The Bertz CT molecular complexity index is 562. The van der Waals surface area contributed by atoms with Crippen molar-refractivity contribution in [2.24, 2.45) is 5.10 Å². The van der Waals surface area contributed by atoms with Crippen molar-refractivity contribution in [2.45, 2.75) is 13.3 Å². The van der Waals surface area contributed by atoms with Crippen LogP contribution >= 0.6 is 0 Å². The minimum atomic E-state index is -0.192. The van der Waals surface area contributed by atoms with Crippen molar-refractivity contribution < 1.29 is 4.79 Å². The molecule has 3 nitrogen and oxygen atoms in total. The van der Waals surface area contributed by atoms with Crippen LogP contribution in [0.25, 0.3) is 0 Å². The molecule has 0 aliphatic carbocycles. The number of carbonyl (C=O) groups excluding carboxylic acids is 1. The standard InChI is InChI=1S/C16H16N2O/c1-2-15(13-9-5-3-6-10-13)17-18-16(19)14-11-7-4-8-12-14/h3-12H,2H2,1H3,(H,18,19). The van der Waals surface area contributed by atoms with Crippen molar-refractivity contribution in [3.63, 3.8) is 0 Å². The maximum atomic E-state index is 11.9. The number of amides is 1. The van der Waals surface area contributed by atoms with E-state index in [9.17, 15) is 4.79 Å². The number of rotatable bonds is 4. The zero-order valence-corrected chi connectivity index (χ0v) is 10.8. The highest BCUT2D eigenvalue weighted by Crippen LogP contribution is 2.04. The highest BCUT2D eigenvalue weighted by molar-refractivity contribution is 6.02. The molecule has 0 atom stereocenters. The molecule has 0 bridgehead atoms. The summed E-state index contributed by atoms with van der Waals surface area (Å²) in [5, 5.41) is 4.21. The fourth-order valence-electron chi connectivity index (χ4n) is 1.75. The topological polar surface area (TPSA) is 41.5 Å². The van der Waals surface area contributed by atoms with Gasteiger partial charge in [-0.2, -0.15) is 5.10 Å². The maximum Gasteiger partial charge on any atom is 0.271 e. The van der Waals surface area contributed by atoms with E-state index < -0.39 is 0 Å². The van der Waals surface area contributed by atoms with Crippen molar-refractivity contribution in [3.05, 3.63) is 71.8 Å². The Morgan fingerprint density at radius 1 is 0.947 bits per heavy atom. The Morgan fingerprint density at radius 2 is 1.47 bits per heavy atom. The van der Waals surface area contributed by atoms with Crippen LogP contribution < -0.4 is 5.43 Å². The lowest BCUT2D eigenvalue weighted by Gasteiger charge is -2.05. The molecule has 2 aromatic carbocycles. The van der Waals surface area contributed by atoms with Gasteiger partial charge in [-0.25, -0.2) is 5.43 Å². The number of hydrogen-bond acceptors (Lipinski definition) is 2. The van der Waals surface area contributed by atoms with E-state index in [1.54, 1.807) is 12.1 Å². The molecular weight excluding hydrogens is 236 g/mol. The molecule has 0 heterocycles. The molecule has 1 N–H and O–H groups in total. The first-order valence-electron chi connectivity index (χ1n) is 6.28. The number of hydrogen-bond donors (Lipinski definition) is 1. The molecule has 96 valence electrons. The zero-order chi connectivity index (χ0) is 13.5. The lowest BCUT2D eigenvalue weighted by molar-refractivity contribution is 0.0955. The van der Waals surface area contributed by atoms with Gasteiger partial charge < -0.3 is 0 Å². The Hall–Kier alpha value is -2.42. The second-order valence-electron chi connectivity index (χ2n) is 4.09. The molecule has 0 spiro atoms. The van der Waals surface area contributed by atoms with Crippen LogP contribution in [0, 0.1) is 0 Å². The van der Waals surface area contributed by atoms with Crippen LogP contribution in [0.4, 0.5) is 0 Å². The summed E-state index contributed by atoms with van der Waals surface area (Å²) in [4.78, 5) is 11.9. The van der Waals surface area contributed by atoms with Crippen molar-refractivity contribution in [1.29, 1.82) is 0 Å². The summed E-state index contributed by atoms with van der Waals surface area (Å²) >= 11 is 0. The Morgan fingerprint density at radius 3 is 2.00 bits per heavy atom. The highest BCUT2D eigenvalue weighted by Gasteiger charge is 2.04. The molecule has 0 aromatic heterocycles. The van der Waals surface area contributed by atoms with Crippen LogP contribution in [0.3, 0.4) is 0 Å². The van der Waals surface area contributed by atoms with E-state index in [0.717, 1.165) is 17.7 Å². The molecule has 2 rings (SSSR count). The molecule has 0 saturated heterocycles. The normalized spacial score (nSPS) is 11.1. The van der Waals surface area contributed by atoms with Gasteiger partial charge >= 0.3 is 0 Å². The predicted molar refractivity (Wildman–Crippen MR) is 77.2 cm³/mol. The number of benzene rings is 2. The maximum absolute atomic E-state index is 11.9. The zero-order valence-electron chi connectivity index (χ0n) is 10.8. The van der Waals surface area contributed by atoms with Crippen molar-refractivity contribution >= 4 is 11.6 Å². The van der Waals surface area contributed by atoms with Crippen LogP contribution in [-0.2, 0) is 0 Å². The van der Waals surface area contributed by atoms with Gasteiger partial charge in [0, 0.05) is 5.56 Å². The molecule has 2 aromatic rings. The highest BCUT2D eigenvalue weighted by atomic mass is 16.2. The molecule has 0 radical (unpaired) electrons. The summed E-state index contributed by atoms with van der Waals surface area (Å²) in [6.45, 7) is 2.01. The van der Waals surface area contributed by atoms with Crippen LogP contribution in [0.15, 0.2) is 65.8 Å². The second kappa shape index (κ2) is 6.50. The third-order valence-electron chi connectivity index (χ3n) is 2.77. The molecular formula is C16H16N2O. The minimum absolute atomic E-state index is 0.192. The van der Waals surface area contributed by atoms with Crippen molar-refractivity contribution in [2.75, 3.05) is 0 Å². The SMILES string of the molecule is CCC(=NNC(=O)c1ccccc1)c1ccccc1. The summed E-state index contributed by atoms with van der Waals surface area (Å²) in [6, 6.07) is 18.9. The van der Waals surface area contributed by atoms with E-state index in [0.29, 0.717) is 5.56 Å². The first kappa shape index (κ1) is 13.0. The van der Waals surface area contributed by atoms with Crippen LogP contribution in [-0.4, -0.2) is 11.6 Å². The first-order valence-corrected chi connectivity index (χ1v) is 6.28. The number of nitrogens with one attached hydrogen (secondary N) is 1. The van der Waals surface area contributed by atoms with Gasteiger partial charge in [0.2, 0.25) is 0 Å². The molecule has 0 unspecified atom stereocenters. The van der Waals surface area contributed by atoms with E-state index >= 15 is 0 Å². The summed E-state index contributed by atoms with van der Waals surface area (Å²) in [6.07, 6.45) is 0.763. The van der Waals surface area contributed by atoms with Gasteiger partial charge in [0.15, 0.2) is 0 Å². The van der Waals surface area contributed by atoms with Crippen molar-refractivity contribution in [3.8, 4) is 0 Å². The van der Waals surface area contributed by atoms with Crippen LogP contribution in [0.1, 0.15) is 29.3 Å². The summed E-state index contributed by atoms with van der Waals surface area (Å²) in [7, 11) is 0. The minimum Gasteiger partial charge on any atom is -0.267 e. The summed E-state index contributed by atoms with van der Waals surface area (Å²) in [5.41, 5.74) is 5.10. The third-order valence-corrected chi connectivity index (χ3v) is 2.77.